The van der Waals surface area contributed by atoms with Crippen molar-refractivity contribution < 1.29 is 14.3 Å². The normalized spacial score (nSPS) is 45.4. The highest BCUT2D eigenvalue weighted by Crippen LogP contribution is 2.59. The van der Waals surface area contributed by atoms with Crippen molar-refractivity contribution in [1.29, 1.82) is 5.26 Å². The summed E-state index contributed by atoms with van der Waals surface area (Å²) in [7, 11) is 0. The zero-order valence-electron chi connectivity index (χ0n) is 10.1. The van der Waals surface area contributed by atoms with E-state index in [0.29, 0.717) is 5.57 Å². The Hall–Kier alpha value is -1.77. The lowest BCUT2D eigenvalue weighted by atomic mass is 9.63. The van der Waals surface area contributed by atoms with Gasteiger partial charge in [0.15, 0.2) is 17.3 Å². The van der Waals surface area contributed by atoms with Crippen LogP contribution < -0.4 is 5.73 Å². The molecule has 2 N–H and O–H groups in total. The third-order valence-corrected chi connectivity index (χ3v) is 4.42. The number of carbonyl (C=O) groups is 2. The minimum Gasteiger partial charge on any atom is -0.344 e. The minimum atomic E-state index is -1.45. The van der Waals surface area contributed by atoms with E-state index in [-0.39, 0.29) is 17.1 Å². The lowest BCUT2D eigenvalue weighted by Gasteiger charge is -2.35. The second-order valence-electron chi connectivity index (χ2n) is 5.21. The van der Waals surface area contributed by atoms with E-state index >= 15 is 0 Å². The van der Waals surface area contributed by atoms with Crippen LogP contribution in [0.25, 0.3) is 0 Å². The Bertz CT molecular complexity index is 598. The number of nitrogens with zero attached hydrogens (tertiary/aromatic N) is 1. The second-order valence-corrected chi connectivity index (χ2v) is 5.21. The minimum absolute atomic E-state index is 0.161. The maximum Gasteiger partial charge on any atom is 0.164 e. The number of ether oxygens (including phenoxy) is 1. The molecule has 5 heteroatoms. The number of allylic oxidation sites excluding steroid dienone is 2. The van der Waals surface area contributed by atoms with Gasteiger partial charge in [-0.3, -0.25) is 15.3 Å². The van der Waals surface area contributed by atoms with Gasteiger partial charge in [-0.25, -0.2) is 0 Å². The van der Waals surface area contributed by atoms with Crippen LogP contribution in [0.15, 0.2) is 23.3 Å². The summed E-state index contributed by atoms with van der Waals surface area (Å²) < 4.78 is 5.75. The zero-order valence-corrected chi connectivity index (χ0v) is 10.1. The predicted molar refractivity (Wildman–Crippen MR) is 60.9 cm³/mol. The van der Waals surface area contributed by atoms with Gasteiger partial charge < -0.3 is 4.74 Å². The quantitative estimate of drug-likeness (QED) is 0.658. The van der Waals surface area contributed by atoms with Crippen molar-refractivity contribution in [2.45, 2.75) is 25.2 Å². The van der Waals surface area contributed by atoms with Crippen LogP contribution in [0.5, 0.6) is 0 Å². The molecule has 0 saturated carbocycles. The molecule has 2 heterocycles. The Balaban J connectivity index is 2.29. The Morgan fingerprint density at radius 3 is 2.44 bits per heavy atom. The van der Waals surface area contributed by atoms with Crippen molar-refractivity contribution in [1.82, 2.24) is 0 Å². The monoisotopic (exact) mass is 244 g/mol. The maximum atomic E-state index is 12.0. The number of ketones is 2. The Morgan fingerprint density at radius 1 is 1.33 bits per heavy atom. The van der Waals surface area contributed by atoms with Gasteiger partial charge in [0.05, 0.1) is 23.5 Å². The molecule has 0 aromatic rings. The highest BCUT2D eigenvalue weighted by Gasteiger charge is 2.71. The van der Waals surface area contributed by atoms with Gasteiger partial charge in [-0.1, -0.05) is 0 Å². The standard InChI is InChI=1S/C13H12N2O3/c1-6-7(5-14)13(15)11-9(17)4-3-8(16)10(11)12(6,2)18-13/h3-4,10-11H,15H2,1-2H3/t10-,11-,12+,13+/m0/s1. The van der Waals surface area contributed by atoms with Crippen molar-refractivity contribution in [3.63, 3.8) is 0 Å². The lowest BCUT2D eigenvalue weighted by molar-refractivity contribution is -0.130. The average Bonchev–Trinajstić information content (AvgIpc) is 2.66. The first kappa shape index (κ1) is 11.3. The van der Waals surface area contributed by atoms with E-state index < -0.39 is 23.2 Å². The molecule has 5 nitrogen and oxygen atoms in total. The Kier molecular flexibility index (Phi) is 1.87. The van der Waals surface area contributed by atoms with E-state index in [1.165, 1.54) is 12.2 Å². The summed E-state index contributed by atoms with van der Waals surface area (Å²) in [6.45, 7) is 3.46. The largest absolute Gasteiger partial charge is 0.344 e. The molecule has 1 fully saturated rings. The fraction of sp³-hybridized carbons (Fsp3) is 0.462. The van der Waals surface area contributed by atoms with E-state index in [4.69, 9.17) is 10.5 Å². The number of nitriles is 1. The van der Waals surface area contributed by atoms with Crippen LogP contribution in [0.2, 0.25) is 0 Å². The molecule has 0 unspecified atom stereocenters. The molecule has 3 aliphatic rings. The Morgan fingerprint density at radius 2 is 1.89 bits per heavy atom. The molecule has 1 saturated heterocycles. The summed E-state index contributed by atoms with van der Waals surface area (Å²) in [6.07, 6.45) is 2.51. The summed E-state index contributed by atoms with van der Waals surface area (Å²) in [6, 6.07) is 2.02. The smallest absolute Gasteiger partial charge is 0.164 e. The van der Waals surface area contributed by atoms with Crippen molar-refractivity contribution in [3.05, 3.63) is 23.3 Å². The molecular weight excluding hydrogens is 232 g/mol. The Labute approximate surface area is 104 Å². The van der Waals surface area contributed by atoms with Crippen LogP contribution in [0.1, 0.15) is 13.8 Å². The van der Waals surface area contributed by atoms with Gasteiger partial charge in [-0.15, -0.1) is 0 Å². The first-order chi connectivity index (χ1) is 8.36. The third kappa shape index (κ3) is 0.949. The van der Waals surface area contributed by atoms with E-state index in [1.807, 2.05) is 6.07 Å². The summed E-state index contributed by atoms with van der Waals surface area (Å²) in [5.74, 6) is -1.80. The van der Waals surface area contributed by atoms with Gasteiger partial charge in [0.2, 0.25) is 0 Å². The molecule has 0 spiro atoms. The highest BCUT2D eigenvalue weighted by molar-refractivity contribution is 6.09. The summed E-state index contributed by atoms with van der Waals surface area (Å²) in [5.41, 5.74) is 4.67. The molecule has 0 aromatic heterocycles. The summed E-state index contributed by atoms with van der Waals surface area (Å²) in [4.78, 5) is 24.0. The van der Waals surface area contributed by atoms with E-state index in [1.54, 1.807) is 13.8 Å². The van der Waals surface area contributed by atoms with Crippen LogP contribution in [-0.4, -0.2) is 22.9 Å². The van der Waals surface area contributed by atoms with Gasteiger partial charge in [0.25, 0.3) is 0 Å². The summed E-state index contributed by atoms with van der Waals surface area (Å²) >= 11 is 0. The molecule has 0 aromatic carbocycles. The van der Waals surface area contributed by atoms with E-state index in [0.717, 1.165) is 0 Å². The van der Waals surface area contributed by atoms with Crippen molar-refractivity contribution in [2.75, 3.05) is 0 Å². The van der Waals surface area contributed by atoms with Crippen LogP contribution in [0, 0.1) is 23.2 Å². The number of nitrogens with two attached hydrogens (primary N) is 1. The zero-order chi connectivity index (χ0) is 13.3. The molecule has 0 amide bonds. The molecule has 4 atom stereocenters. The average molecular weight is 244 g/mol. The number of fused-ring (bicyclic) bond motifs is 5. The number of hydrogen-bond acceptors (Lipinski definition) is 5. The topological polar surface area (TPSA) is 93.2 Å². The van der Waals surface area contributed by atoms with Gasteiger partial charge in [-0.05, 0) is 31.6 Å². The third-order valence-electron chi connectivity index (χ3n) is 4.42. The molecule has 3 rings (SSSR count). The molecule has 2 aliphatic heterocycles. The van der Waals surface area contributed by atoms with Crippen LogP contribution in [0.4, 0.5) is 0 Å². The van der Waals surface area contributed by atoms with Gasteiger partial charge >= 0.3 is 0 Å². The lowest BCUT2D eigenvalue weighted by Crippen LogP contribution is -2.54. The SMILES string of the molecule is CC1=C(C#N)[C@@]2(N)O[C@@]1(C)[C@H]1C(=O)C=CC(=O)[C@@H]12. The number of carbonyl (C=O) groups excluding carboxylic acids is 2. The van der Waals surface area contributed by atoms with E-state index in [2.05, 4.69) is 0 Å². The van der Waals surface area contributed by atoms with Crippen molar-refractivity contribution in [2.24, 2.45) is 17.6 Å². The number of hydrogen-bond donors (Lipinski definition) is 1. The first-order valence-electron chi connectivity index (χ1n) is 5.73. The first-order valence-corrected chi connectivity index (χ1v) is 5.73. The van der Waals surface area contributed by atoms with Crippen LogP contribution in [0.3, 0.4) is 0 Å². The predicted octanol–water partition coefficient (Wildman–Crippen LogP) is 0.224. The fourth-order valence-electron chi connectivity index (χ4n) is 3.46. The summed E-state index contributed by atoms with van der Waals surface area (Å²) in [5, 5.41) is 9.20. The number of rotatable bonds is 0. The van der Waals surface area contributed by atoms with Crippen molar-refractivity contribution in [3.8, 4) is 6.07 Å². The molecule has 92 valence electrons. The van der Waals surface area contributed by atoms with Crippen LogP contribution in [-0.2, 0) is 14.3 Å². The second kappa shape index (κ2) is 2.97. The van der Waals surface area contributed by atoms with Crippen LogP contribution >= 0.6 is 0 Å². The molecule has 2 bridgehead atoms. The van der Waals surface area contributed by atoms with Crippen molar-refractivity contribution >= 4 is 11.6 Å². The fourth-order valence-corrected chi connectivity index (χ4v) is 3.46. The van der Waals surface area contributed by atoms with Gasteiger partial charge in [-0.2, -0.15) is 5.26 Å². The van der Waals surface area contributed by atoms with E-state index in [9.17, 15) is 14.9 Å². The molecule has 0 radical (unpaired) electrons. The molecular formula is C13H12N2O3. The van der Waals surface area contributed by atoms with Gasteiger partial charge in [0, 0.05) is 0 Å². The molecule has 1 aliphatic carbocycles. The molecule has 18 heavy (non-hydrogen) atoms. The highest BCUT2D eigenvalue weighted by atomic mass is 16.6. The maximum absolute atomic E-state index is 12.0. The van der Waals surface area contributed by atoms with Gasteiger partial charge in [0.1, 0.15) is 5.60 Å².